The lowest BCUT2D eigenvalue weighted by atomic mass is 10.0. The third-order valence-electron chi connectivity index (χ3n) is 3.69. The maximum Gasteiger partial charge on any atom is 0.500 e. The van der Waals surface area contributed by atoms with Gasteiger partial charge in [-0.05, 0) is 37.8 Å². The van der Waals surface area contributed by atoms with Gasteiger partial charge in [-0.1, -0.05) is 24.6 Å². The molecule has 0 spiro atoms. The van der Waals surface area contributed by atoms with Crippen LogP contribution < -0.4 is 0 Å². The molecule has 0 heterocycles. The van der Waals surface area contributed by atoms with Gasteiger partial charge in [0.05, 0.1) is 5.56 Å². The molecule has 3 nitrogen and oxygen atoms in total. The number of benzene rings is 1. The summed E-state index contributed by atoms with van der Waals surface area (Å²) in [6, 6.07) is 6.24. The maximum absolute atomic E-state index is 12.7. The summed E-state index contributed by atoms with van der Waals surface area (Å²) in [4.78, 5) is 0. The average Bonchev–Trinajstić information content (AvgIpc) is 2.53. The highest BCUT2D eigenvalue weighted by molar-refractivity contribution is 6.60. The summed E-state index contributed by atoms with van der Waals surface area (Å²) in [5, 5.41) is 0. The Morgan fingerprint density at radius 1 is 1.04 bits per heavy atom. The zero-order valence-electron chi connectivity index (χ0n) is 13.9. The highest BCUT2D eigenvalue weighted by atomic mass is 28.4. The van der Waals surface area contributed by atoms with Gasteiger partial charge in [0.25, 0.3) is 0 Å². The minimum absolute atomic E-state index is 0.540. The predicted molar refractivity (Wildman–Crippen MR) is 85.2 cm³/mol. The van der Waals surface area contributed by atoms with Crippen LogP contribution in [-0.4, -0.2) is 29.6 Å². The third kappa shape index (κ3) is 6.62. The first kappa shape index (κ1) is 20.2. The van der Waals surface area contributed by atoms with Crippen LogP contribution in [0.15, 0.2) is 24.3 Å². The fourth-order valence-electron chi connectivity index (χ4n) is 2.45. The molecule has 0 fully saturated rings. The van der Waals surface area contributed by atoms with Crippen molar-refractivity contribution in [1.29, 1.82) is 0 Å². The van der Waals surface area contributed by atoms with Gasteiger partial charge in [-0.3, -0.25) is 0 Å². The fraction of sp³-hybridized carbons (Fsp3) is 0.625. The van der Waals surface area contributed by atoms with Crippen molar-refractivity contribution in [3.05, 3.63) is 35.4 Å². The van der Waals surface area contributed by atoms with Gasteiger partial charge >= 0.3 is 15.0 Å². The Morgan fingerprint density at radius 2 is 1.74 bits per heavy atom. The Balaban J connectivity index is 2.40. The van der Waals surface area contributed by atoms with Gasteiger partial charge in [-0.15, -0.1) is 0 Å². The van der Waals surface area contributed by atoms with E-state index in [1.54, 1.807) is 20.3 Å². The minimum atomic E-state index is -4.28. The number of alkyl halides is 3. The molecule has 23 heavy (non-hydrogen) atoms. The zero-order valence-corrected chi connectivity index (χ0v) is 14.9. The van der Waals surface area contributed by atoms with Gasteiger partial charge in [0, 0.05) is 26.9 Å². The second-order valence-electron chi connectivity index (χ2n) is 5.28. The second kappa shape index (κ2) is 9.41. The Bertz CT molecular complexity index is 462. The predicted octanol–water partition coefficient (Wildman–Crippen LogP) is 4.69. The van der Waals surface area contributed by atoms with Crippen molar-refractivity contribution in [1.82, 2.24) is 0 Å². The molecule has 7 heteroatoms. The molecule has 0 saturated carbocycles. The lowest BCUT2D eigenvalue weighted by Crippen LogP contribution is -2.43. The van der Waals surface area contributed by atoms with E-state index >= 15 is 0 Å². The van der Waals surface area contributed by atoms with Crippen molar-refractivity contribution < 1.29 is 26.4 Å². The molecule has 0 aliphatic rings. The lowest BCUT2D eigenvalue weighted by molar-refractivity contribution is -0.137. The number of hydrogen-bond acceptors (Lipinski definition) is 3. The summed E-state index contributed by atoms with van der Waals surface area (Å²) in [5.41, 5.74) is 0.128. The van der Waals surface area contributed by atoms with Crippen molar-refractivity contribution in [3.8, 4) is 0 Å². The maximum atomic E-state index is 12.7. The van der Waals surface area contributed by atoms with Gasteiger partial charge in [0.2, 0.25) is 0 Å². The summed E-state index contributed by atoms with van der Waals surface area (Å²) in [5.74, 6) is 0. The van der Waals surface area contributed by atoms with E-state index in [-0.39, 0.29) is 0 Å². The standard InChI is InChI=1S/C16H25F3O3Si/c1-4-22-23(20-2,21-3)12-7-5-6-9-14-10-8-11-15(13-14)16(17,18)19/h8,10-11,13H,4-7,9,12H2,1-3H3. The van der Waals surface area contributed by atoms with Crippen molar-refractivity contribution >= 4 is 8.80 Å². The molecule has 0 saturated heterocycles. The molecule has 0 radical (unpaired) electrons. The van der Waals surface area contributed by atoms with Crippen LogP contribution in [-0.2, 0) is 25.9 Å². The topological polar surface area (TPSA) is 27.7 Å². The molecule has 1 aromatic carbocycles. The van der Waals surface area contributed by atoms with E-state index in [0.717, 1.165) is 31.4 Å². The molecule has 0 amide bonds. The SMILES string of the molecule is CCO[Si](CCCCCc1cccc(C(F)(F)F)c1)(OC)OC. The van der Waals surface area contributed by atoms with Crippen LogP contribution in [0.25, 0.3) is 0 Å². The molecule has 1 aromatic rings. The first-order valence-corrected chi connectivity index (χ1v) is 9.70. The van der Waals surface area contributed by atoms with Crippen molar-refractivity contribution in [2.75, 3.05) is 20.8 Å². The lowest BCUT2D eigenvalue weighted by Gasteiger charge is -2.25. The fourth-order valence-corrected chi connectivity index (χ4v) is 4.53. The van der Waals surface area contributed by atoms with Gasteiger partial charge in [0.15, 0.2) is 0 Å². The van der Waals surface area contributed by atoms with Gasteiger partial charge in [-0.25, -0.2) is 0 Å². The van der Waals surface area contributed by atoms with E-state index in [1.165, 1.54) is 12.1 Å². The number of hydrogen-bond donors (Lipinski definition) is 0. The van der Waals surface area contributed by atoms with E-state index < -0.39 is 20.5 Å². The van der Waals surface area contributed by atoms with Crippen LogP contribution in [0.2, 0.25) is 6.04 Å². The smallest absolute Gasteiger partial charge is 0.377 e. The summed E-state index contributed by atoms with van der Waals surface area (Å²) >= 11 is 0. The molecule has 0 aromatic heterocycles. The second-order valence-corrected chi connectivity index (χ2v) is 8.25. The molecular weight excluding hydrogens is 325 g/mol. The van der Waals surface area contributed by atoms with E-state index in [0.29, 0.717) is 18.6 Å². The largest absolute Gasteiger partial charge is 0.500 e. The van der Waals surface area contributed by atoms with Crippen LogP contribution in [0.5, 0.6) is 0 Å². The Kier molecular flexibility index (Phi) is 8.25. The van der Waals surface area contributed by atoms with Crippen LogP contribution >= 0.6 is 0 Å². The molecule has 0 bridgehead atoms. The van der Waals surface area contributed by atoms with E-state index in [2.05, 4.69) is 0 Å². The highest BCUT2D eigenvalue weighted by Gasteiger charge is 2.37. The number of aryl methyl sites for hydroxylation is 1. The molecule has 0 aliphatic heterocycles. The Labute approximate surface area is 137 Å². The average molecular weight is 350 g/mol. The number of halogens is 3. The zero-order chi connectivity index (χ0) is 17.3. The van der Waals surface area contributed by atoms with Crippen molar-refractivity contribution in [2.45, 2.75) is 44.8 Å². The summed E-state index contributed by atoms with van der Waals surface area (Å²) in [7, 11) is 0.627. The van der Waals surface area contributed by atoms with Crippen molar-refractivity contribution in [3.63, 3.8) is 0 Å². The van der Waals surface area contributed by atoms with Crippen molar-refractivity contribution in [2.24, 2.45) is 0 Å². The normalized spacial score (nSPS) is 12.6. The number of unbranched alkanes of at least 4 members (excludes halogenated alkanes) is 2. The highest BCUT2D eigenvalue weighted by Crippen LogP contribution is 2.30. The molecule has 1 rings (SSSR count). The van der Waals surface area contributed by atoms with Gasteiger partial charge < -0.3 is 13.3 Å². The molecule has 0 aliphatic carbocycles. The first-order chi connectivity index (χ1) is 10.9. The van der Waals surface area contributed by atoms with Gasteiger partial charge in [-0.2, -0.15) is 13.2 Å². The molecular formula is C16H25F3O3Si. The first-order valence-electron chi connectivity index (χ1n) is 7.77. The van der Waals surface area contributed by atoms with Crippen LogP contribution in [0.3, 0.4) is 0 Å². The minimum Gasteiger partial charge on any atom is -0.377 e. The Morgan fingerprint density at radius 3 is 2.30 bits per heavy atom. The molecule has 0 unspecified atom stereocenters. The quantitative estimate of drug-likeness (QED) is 0.453. The summed E-state index contributed by atoms with van der Waals surface area (Å²) in [6.07, 6.45) is -1.06. The number of rotatable bonds is 10. The molecule has 132 valence electrons. The van der Waals surface area contributed by atoms with E-state index in [1.807, 2.05) is 6.92 Å². The summed E-state index contributed by atoms with van der Waals surface area (Å²) in [6.45, 7) is 2.44. The van der Waals surface area contributed by atoms with Crippen LogP contribution in [0.4, 0.5) is 13.2 Å². The van der Waals surface area contributed by atoms with Gasteiger partial charge in [0.1, 0.15) is 0 Å². The Hall–Kier alpha value is -0.893. The summed E-state index contributed by atoms with van der Waals surface area (Å²) < 4.78 is 54.4. The monoisotopic (exact) mass is 350 g/mol. The van der Waals surface area contributed by atoms with Crippen LogP contribution in [0, 0.1) is 0 Å². The van der Waals surface area contributed by atoms with E-state index in [4.69, 9.17) is 13.3 Å². The molecule has 0 atom stereocenters. The van der Waals surface area contributed by atoms with Crippen LogP contribution in [0.1, 0.15) is 37.3 Å². The third-order valence-corrected chi connectivity index (χ3v) is 6.63. The van der Waals surface area contributed by atoms with E-state index in [9.17, 15) is 13.2 Å². The molecule has 0 N–H and O–H groups in total.